The predicted octanol–water partition coefficient (Wildman–Crippen LogP) is 8.68. The van der Waals surface area contributed by atoms with Gasteiger partial charge in [0.25, 0.3) is 0 Å². The molecule has 14 heteroatoms. The maximum atomic E-state index is 5.69. The first kappa shape index (κ1) is 60.2. The summed E-state index contributed by atoms with van der Waals surface area (Å²) in [4.78, 5) is 0. The Bertz CT molecular complexity index is 674. The second-order valence-electron chi connectivity index (χ2n) is 14.7. The zero-order chi connectivity index (χ0) is 43.0. The molecule has 0 heterocycles. The SMILES string of the molecule is CCCCCCCCCCCCCCCCOCCOCCOCCOCCOCCOCCOCCOCCOCCOCCOCCOCCOCCCCCCI. The van der Waals surface area contributed by atoms with Gasteiger partial charge < -0.3 is 61.6 Å². The minimum atomic E-state index is 0.517. The van der Waals surface area contributed by atoms with Crippen LogP contribution in [0.5, 0.6) is 0 Å². The Labute approximate surface area is 381 Å². The molecule has 60 heavy (non-hydrogen) atoms. The van der Waals surface area contributed by atoms with Gasteiger partial charge in [-0.05, 0) is 23.7 Å². The smallest absolute Gasteiger partial charge is 0.0701 e. The quantitative estimate of drug-likeness (QED) is 0.0329. The number of alkyl halides is 1. The molecule has 0 atom stereocenters. The standard InChI is InChI=1S/C46H93IO13/c1-2-3-4-5-6-7-8-9-10-11-12-13-15-18-21-48-23-25-50-27-29-52-31-33-54-35-37-56-39-41-58-43-45-60-46-44-59-42-40-57-38-36-55-34-32-53-30-28-51-26-24-49-22-19-16-14-17-20-47/h2-46H2,1H3. The lowest BCUT2D eigenvalue weighted by molar-refractivity contribution is -0.0290. The van der Waals surface area contributed by atoms with Gasteiger partial charge in [0, 0.05) is 13.2 Å². The number of unbranched alkanes of at least 4 members (excludes halogenated alkanes) is 16. The van der Waals surface area contributed by atoms with Crippen molar-refractivity contribution in [1.82, 2.24) is 0 Å². The molecule has 0 saturated carbocycles. The highest BCUT2D eigenvalue weighted by Crippen LogP contribution is 2.13. The van der Waals surface area contributed by atoms with Crippen molar-refractivity contribution in [2.45, 2.75) is 122 Å². The van der Waals surface area contributed by atoms with Crippen molar-refractivity contribution in [3.63, 3.8) is 0 Å². The van der Waals surface area contributed by atoms with Crippen LogP contribution < -0.4 is 0 Å². The van der Waals surface area contributed by atoms with Gasteiger partial charge in [-0.3, -0.25) is 0 Å². The molecule has 0 bridgehead atoms. The van der Waals surface area contributed by atoms with Crippen LogP contribution in [-0.2, 0) is 61.6 Å². The summed E-state index contributed by atoms with van der Waals surface area (Å²) in [7, 11) is 0. The van der Waals surface area contributed by atoms with Crippen molar-refractivity contribution in [1.29, 1.82) is 0 Å². The van der Waals surface area contributed by atoms with Gasteiger partial charge in [-0.2, -0.15) is 0 Å². The van der Waals surface area contributed by atoms with Gasteiger partial charge in [0.05, 0.1) is 159 Å². The molecule has 0 aliphatic heterocycles. The Morgan fingerprint density at radius 3 is 0.517 bits per heavy atom. The lowest BCUT2D eigenvalue weighted by Gasteiger charge is -2.09. The van der Waals surface area contributed by atoms with Gasteiger partial charge in [-0.1, -0.05) is 126 Å². The predicted molar refractivity (Wildman–Crippen MR) is 248 cm³/mol. The third-order valence-corrected chi connectivity index (χ3v) is 10.0. The Hall–Kier alpha value is 0.210. The third-order valence-electron chi connectivity index (χ3n) is 9.28. The van der Waals surface area contributed by atoms with E-state index in [1.54, 1.807) is 0 Å². The first-order chi connectivity index (χ1) is 29.9. The van der Waals surface area contributed by atoms with E-state index in [2.05, 4.69) is 29.5 Å². The van der Waals surface area contributed by atoms with E-state index in [1.165, 1.54) is 107 Å². The minimum Gasteiger partial charge on any atom is -0.379 e. The second kappa shape index (κ2) is 59.2. The van der Waals surface area contributed by atoms with Crippen molar-refractivity contribution in [2.75, 3.05) is 176 Å². The van der Waals surface area contributed by atoms with Crippen molar-refractivity contribution in [3.05, 3.63) is 0 Å². The molecule has 0 spiro atoms. The molecule has 0 rings (SSSR count). The molecule has 0 unspecified atom stereocenters. The highest BCUT2D eigenvalue weighted by molar-refractivity contribution is 14.1. The van der Waals surface area contributed by atoms with E-state index < -0.39 is 0 Å². The molecule has 0 saturated heterocycles. The van der Waals surface area contributed by atoms with Crippen LogP contribution in [-0.4, -0.2) is 176 Å². The summed E-state index contributed by atoms with van der Waals surface area (Å²) >= 11 is 2.42. The van der Waals surface area contributed by atoms with Crippen molar-refractivity contribution in [2.24, 2.45) is 0 Å². The fourth-order valence-electron chi connectivity index (χ4n) is 5.79. The van der Waals surface area contributed by atoms with E-state index in [0.717, 1.165) is 26.1 Å². The summed E-state index contributed by atoms with van der Waals surface area (Å²) in [5.41, 5.74) is 0. The van der Waals surface area contributed by atoms with Crippen LogP contribution in [0.3, 0.4) is 0 Å². The van der Waals surface area contributed by atoms with Crippen molar-refractivity contribution >= 4 is 22.6 Å². The normalized spacial score (nSPS) is 11.7. The van der Waals surface area contributed by atoms with Crippen LogP contribution in [0.1, 0.15) is 122 Å². The molecular weight excluding hydrogens is 887 g/mol. The van der Waals surface area contributed by atoms with E-state index in [9.17, 15) is 0 Å². The van der Waals surface area contributed by atoms with Gasteiger partial charge in [0.15, 0.2) is 0 Å². The summed E-state index contributed by atoms with van der Waals surface area (Å²) in [6.45, 7) is 17.1. The number of halogens is 1. The fourth-order valence-corrected chi connectivity index (χ4v) is 6.33. The van der Waals surface area contributed by atoms with Gasteiger partial charge in [-0.15, -0.1) is 0 Å². The summed E-state index contributed by atoms with van der Waals surface area (Å²) in [6, 6.07) is 0. The number of rotatable bonds is 57. The first-order valence-corrected chi connectivity index (χ1v) is 25.5. The molecule has 13 nitrogen and oxygen atoms in total. The monoisotopic (exact) mass is 981 g/mol. The summed E-state index contributed by atoms with van der Waals surface area (Å²) in [5, 5.41) is 0. The molecule has 0 aliphatic carbocycles. The molecule has 0 N–H and O–H groups in total. The maximum Gasteiger partial charge on any atom is 0.0701 e. The van der Waals surface area contributed by atoms with Gasteiger partial charge >= 0.3 is 0 Å². The Kier molecular flexibility index (Phi) is 59.4. The highest BCUT2D eigenvalue weighted by Gasteiger charge is 1.99. The van der Waals surface area contributed by atoms with Crippen LogP contribution >= 0.6 is 22.6 Å². The van der Waals surface area contributed by atoms with Crippen LogP contribution in [0.15, 0.2) is 0 Å². The Morgan fingerprint density at radius 1 is 0.183 bits per heavy atom. The summed E-state index contributed by atoms with van der Waals surface area (Å²) < 4.78 is 73.3. The van der Waals surface area contributed by atoms with E-state index in [0.29, 0.717) is 159 Å². The molecule has 0 aromatic heterocycles. The van der Waals surface area contributed by atoms with Crippen LogP contribution in [0.4, 0.5) is 0 Å². The molecule has 0 radical (unpaired) electrons. The van der Waals surface area contributed by atoms with Crippen molar-refractivity contribution in [3.8, 4) is 0 Å². The maximum absolute atomic E-state index is 5.69. The molecule has 0 aliphatic rings. The van der Waals surface area contributed by atoms with Gasteiger partial charge in [-0.25, -0.2) is 0 Å². The first-order valence-electron chi connectivity index (χ1n) is 24.0. The molecule has 0 aromatic carbocycles. The van der Waals surface area contributed by atoms with Crippen LogP contribution in [0, 0.1) is 0 Å². The average Bonchev–Trinajstić information content (AvgIpc) is 3.26. The van der Waals surface area contributed by atoms with Crippen LogP contribution in [0.2, 0.25) is 0 Å². The topological polar surface area (TPSA) is 120 Å². The molecule has 0 amide bonds. The fraction of sp³-hybridized carbons (Fsp3) is 1.00. The molecule has 362 valence electrons. The molecule has 0 fully saturated rings. The Balaban J connectivity index is 3.06. The van der Waals surface area contributed by atoms with E-state index >= 15 is 0 Å². The van der Waals surface area contributed by atoms with E-state index in [4.69, 9.17) is 61.6 Å². The van der Waals surface area contributed by atoms with E-state index in [-0.39, 0.29) is 0 Å². The minimum absolute atomic E-state index is 0.517. The lowest BCUT2D eigenvalue weighted by atomic mass is 10.0. The summed E-state index contributed by atoms with van der Waals surface area (Å²) in [6.07, 6.45) is 24.2. The molecule has 0 aromatic rings. The van der Waals surface area contributed by atoms with Gasteiger partial charge in [0.1, 0.15) is 0 Å². The zero-order valence-electron chi connectivity index (χ0n) is 38.5. The second-order valence-corrected chi connectivity index (χ2v) is 15.7. The van der Waals surface area contributed by atoms with Crippen molar-refractivity contribution < 1.29 is 61.6 Å². The highest BCUT2D eigenvalue weighted by atomic mass is 127. The Morgan fingerprint density at radius 2 is 0.333 bits per heavy atom. The largest absolute Gasteiger partial charge is 0.379 e. The van der Waals surface area contributed by atoms with E-state index in [1.807, 2.05) is 0 Å². The zero-order valence-corrected chi connectivity index (χ0v) is 40.7. The van der Waals surface area contributed by atoms with Gasteiger partial charge in [0.2, 0.25) is 0 Å². The lowest BCUT2D eigenvalue weighted by Crippen LogP contribution is -2.15. The number of hydrogen-bond donors (Lipinski definition) is 0. The summed E-state index contributed by atoms with van der Waals surface area (Å²) in [5.74, 6) is 0. The number of ether oxygens (including phenoxy) is 13. The third kappa shape index (κ3) is 58.2. The average molecular weight is 981 g/mol. The number of hydrogen-bond acceptors (Lipinski definition) is 13. The van der Waals surface area contributed by atoms with Crippen LogP contribution in [0.25, 0.3) is 0 Å². The molecular formula is C46H93IO13.